The number of aromatic nitrogens is 2. The van der Waals surface area contributed by atoms with E-state index in [2.05, 4.69) is 41.3 Å². The molecule has 0 atom stereocenters. The molecule has 126 valence electrons. The van der Waals surface area contributed by atoms with Crippen LogP contribution in [0.3, 0.4) is 0 Å². The van der Waals surface area contributed by atoms with Crippen molar-refractivity contribution in [3.05, 3.63) is 10.9 Å². The van der Waals surface area contributed by atoms with Crippen LogP contribution in [0.25, 0.3) is 10.2 Å². The topological polar surface area (TPSA) is 44.3 Å². The van der Waals surface area contributed by atoms with Gasteiger partial charge in [-0.05, 0) is 30.7 Å². The molecule has 2 aromatic heterocycles. The van der Waals surface area contributed by atoms with Gasteiger partial charge in [-0.3, -0.25) is 0 Å². The van der Waals surface area contributed by atoms with Crippen molar-refractivity contribution in [2.45, 2.75) is 33.6 Å². The van der Waals surface area contributed by atoms with Gasteiger partial charge in [0, 0.05) is 39.3 Å². The van der Waals surface area contributed by atoms with Gasteiger partial charge >= 0.3 is 0 Å². The van der Waals surface area contributed by atoms with Crippen molar-refractivity contribution in [1.29, 1.82) is 0 Å². The summed E-state index contributed by atoms with van der Waals surface area (Å²) in [6.45, 7) is 12.7. The third kappa shape index (κ3) is 3.43. The highest BCUT2D eigenvalue weighted by Gasteiger charge is 2.20. The molecule has 0 spiro atoms. The minimum Gasteiger partial charge on any atom is -0.356 e. The summed E-state index contributed by atoms with van der Waals surface area (Å²) in [5.41, 5.74) is 1.30. The predicted octanol–water partition coefficient (Wildman–Crippen LogP) is 3.04. The zero-order chi connectivity index (χ0) is 16.2. The van der Waals surface area contributed by atoms with E-state index in [1.807, 2.05) is 0 Å². The average molecular weight is 334 g/mol. The molecule has 6 heteroatoms. The maximum absolute atomic E-state index is 5.01. The Bertz CT molecular complexity index is 642. The van der Waals surface area contributed by atoms with Gasteiger partial charge in [0.25, 0.3) is 0 Å². The second kappa shape index (κ2) is 7.45. The molecule has 1 aliphatic heterocycles. The van der Waals surface area contributed by atoms with Crippen molar-refractivity contribution in [3.8, 4) is 0 Å². The molecule has 2 aromatic rings. The number of nitrogens with zero attached hydrogens (tertiary/aromatic N) is 4. The Morgan fingerprint density at radius 1 is 1.17 bits per heavy atom. The molecule has 3 heterocycles. The van der Waals surface area contributed by atoms with E-state index in [1.165, 1.54) is 10.9 Å². The van der Waals surface area contributed by atoms with Crippen molar-refractivity contribution < 1.29 is 0 Å². The molecule has 1 saturated heterocycles. The number of hydrogen-bond acceptors (Lipinski definition) is 6. The summed E-state index contributed by atoms with van der Waals surface area (Å²) in [6.07, 6.45) is 2.27. The number of thiophene rings is 1. The highest BCUT2D eigenvalue weighted by molar-refractivity contribution is 7.17. The summed E-state index contributed by atoms with van der Waals surface area (Å²) in [6, 6.07) is 0. The highest BCUT2D eigenvalue weighted by Crippen LogP contribution is 2.33. The van der Waals surface area contributed by atoms with Crippen LogP contribution in [0, 0.1) is 6.92 Å². The van der Waals surface area contributed by atoms with Gasteiger partial charge in [-0.2, -0.15) is 4.98 Å². The molecule has 0 aromatic carbocycles. The van der Waals surface area contributed by atoms with E-state index in [1.54, 1.807) is 11.3 Å². The van der Waals surface area contributed by atoms with Crippen molar-refractivity contribution >= 4 is 33.3 Å². The highest BCUT2D eigenvalue weighted by atomic mass is 32.1. The standard InChI is InChI=1S/C17H27N5S/c1-4-8-21(9-5-2)15-14-13(3)12-23-16(14)20-17(19-15)22-10-6-18-7-11-22/h12,18H,4-11H2,1-3H3. The summed E-state index contributed by atoms with van der Waals surface area (Å²) in [5, 5.41) is 6.85. The Balaban J connectivity index is 2.06. The first kappa shape index (κ1) is 16.5. The fourth-order valence-electron chi connectivity index (χ4n) is 3.15. The third-order valence-corrected chi connectivity index (χ3v) is 5.26. The van der Waals surface area contributed by atoms with E-state index in [-0.39, 0.29) is 0 Å². The number of nitrogens with one attached hydrogen (secondary N) is 1. The van der Waals surface area contributed by atoms with Gasteiger partial charge in [0.15, 0.2) is 0 Å². The van der Waals surface area contributed by atoms with Crippen molar-refractivity contribution in [2.24, 2.45) is 0 Å². The van der Waals surface area contributed by atoms with E-state index in [4.69, 9.17) is 9.97 Å². The van der Waals surface area contributed by atoms with E-state index in [0.29, 0.717) is 0 Å². The normalized spacial score (nSPS) is 15.3. The third-order valence-electron chi connectivity index (χ3n) is 4.27. The summed E-state index contributed by atoms with van der Waals surface area (Å²) in [4.78, 5) is 15.8. The van der Waals surface area contributed by atoms with Crippen LogP contribution in [0.4, 0.5) is 11.8 Å². The lowest BCUT2D eigenvalue weighted by atomic mass is 10.2. The second-order valence-corrected chi connectivity index (χ2v) is 7.03. The number of rotatable bonds is 6. The van der Waals surface area contributed by atoms with Crippen LogP contribution < -0.4 is 15.1 Å². The van der Waals surface area contributed by atoms with Crippen LogP contribution in [0.1, 0.15) is 32.3 Å². The number of hydrogen-bond donors (Lipinski definition) is 1. The Kier molecular flexibility index (Phi) is 5.33. The van der Waals surface area contributed by atoms with Crippen LogP contribution in [-0.4, -0.2) is 49.2 Å². The van der Waals surface area contributed by atoms with E-state index >= 15 is 0 Å². The summed E-state index contributed by atoms with van der Waals surface area (Å²) in [5.74, 6) is 2.03. The summed E-state index contributed by atoms with van der Waals surface area (Å²) < 4.78 is 0. The van der Waals surface area contributed by atoms with Gasteiger partial charge in [0.1, 0.15) is 10.6 Å². The minimum absolute atomic E-state index is 0.896. The minimum atomic E-state index is 0.896. The SMILES string of the molecule is CCCN(CCC)c1nc(N2CCNCC2)nc2scc(C)c12. The van der Waals surface area contributed by atoms with Crippen LogP contribution in [-0.2, 0) is 0 Å². The summed E-state index contributed by atoms with van der Waals surface area (Å²) >= 11 is 1.74. The lowest BCUT2D eigenvalue weighted by Crippen LogP contribution is -2.44. The van der Waals surface area contributed by atoms with Crippen molar-refractivity contribution in [1.82, 2.24) is 15.3 Å². The summed E-state index contributed by atoms with van der Waals surface area (Å²) in [7, 11) is 0. The van der Waals surface area contributed by atoms with Crippen LogP contribution in [0.2, 0.25) is 0 Å². The van der Waals surface area contributed by atoms with Crippen molar-refractivity contribution in [3.63, 3.8) is 0 Å². The largest absolute Gasteiger partial charge is 0.356 e. The van der Waals surface area contributed by atoms with E-state index in [9.17, 15) is 0 Å². The maximum atomic E-state index is 5.01. The number of piperazine rings is 1. The molecule has 5 nitrogen and oxygen atoms in total. The molecule has 0 bridgehead atoms. The van der Waals surface area contributed by atoms with Gasteiger partial charge in [-0.25, -0.2) is 4.98 Å². The molecule has 1 N–H and O–H groups in total. The molecular weight excluding hydrogens is 306 g/mol. The monoisotopic (exact) mass is 333 g/mol. The zero-order valence-corrected chi connectivity index (χ0v) is 15.2. The van der Waals surface area contributed by atoms with Crippen LogP contribution in [0.15, 0.2) is 5.38 Å². The Hall–Kier alpha value is -1.40. The molecule has 0 unspecified atom stereocenters. The molecule has 1 aliphatic rings. The second-order valence-electron chi connectivity index (χ2n) is 6.17. The number of fused-ring (bicyclic) bond motifs is 1. The van der Waals surface area contributed by atoms with Crippen LogP contribution in [0.5, 0.6) is 0 Å². The first-order valence-corrected chi connectivity index (χ1v) is 9.59. The van der Waals surface area contributed by atoms with Gasteiger partial charge in [0.05, 0.1) is 5.39 Å². The lowest BCUT2D eigenvalue weighted by Gasteiger charge is -2.29. The molecule has 1 fully saturated rings. The smallest absolute Gasteiger partial charge is 0.228 e. The van der Waals surface area contributed by atoms with Gasteiger partial charge in [-0.15, -0.1) is 11.3 Å². The fourth-order valence-corrected chi connectivity index (χ4v) is 4.06. The van der Waals surface area contributed by atoms with Gasteiger partial charge in [-0.1, -0.05) is 13.8 Å². The van der Waals surface area contributed by atoms with Gasteiger partial charge in [0.2, 0.25) is 5.95 Å². The predicted molar refractivity (Wildman–Crippen MR) is 100 cm³/mol. The Morgan fingerprint density at radius 2 is 1.87 bits per heavy atom. The molecule has 0 saturated carbocycles. The molecule has 0 radical (unpaired) electrons. The Labute approximate surface area is 142 Å². The van der Waals surface area contributed by atoms with E-state index in [0.717, 1.165) is 68.7 Å². The molecule has 3 rings (SSSR count). The van der Waals surface area contributed by atoms with Crippen molar-refractivity contribution in [2.75, 3.05) is 49.1 Å². The Morgan fingerprint density at radius 3 is 2.52 bits per heavy atom. The van der Waals surface area contributed by atoms with Crippen LogP contribution >= 0.6 is 11.3 Å². The molecule has 0 amide bonds. The molecule has 0 aliphatic carbocycles. The van der Waals surface area contributed by atoms with E-state index < -0.39 is 0 Å². The zero-order valence-electron chi connectivity index (χ0n) is 14.4. The number of aryl methyl sites for hydroxylation is 1. The fraction of sp³-hybridized carbons (Fsp3) is 0.647. The quantitative estimate of drug-likeness (QED) is 0.880. The first-order valence-electron chi connectivity index (χ1n) is 8.71. The lowest BCUT2D eigenvalue weighted by molar-refractivity contribution is 0.580. The molecular formula is C17H27N5S. The van der Waals surface area contributed by atoms with Gasteiger partial charge < -0.3 is 15.1 Å². The first-order chi connectivity index (χ1) is 11.2. The maximum Gasteiger partial charge on any atom is 0.228 e. The number of anilines is 2. The average Bonchev–Trinajstić information content (AvgIpc) is 2.96. The molecule has 23 heavy (non-hydrogen) atoms.